The van der Waals surface area contributed by atoms with Crippen molar-refractivity contribution < 1.29 is 19.4 Å². The molecular formula is C11H9ClO4. The van der Waals surface area contributed by atoms with Crippen LogP contribution in [0.25, 0.3) is 0 Å². The molecule has 0 bridgehead atoms. The minimum atomic E-state index is -1.22. The van der Waals surface area contributed by atoms with Gasteiger partial charge in [-0.1, -0.05) is 18.2 Å². The van der Waals surface area contributed by atoms with E-state index in [1.54, 1.807) is 0 Å². The Labute approximate surface area is 97.1 Å². The van der Waals surface area contributed by atoms with Gasteiger partial charge in [0, 0.05) is 10.6 Å². The summed E-state index contributed by atoms with van der Waals surface area (Å²) in [5.74, 6) is -1.94. The highest BCUT2D eigenvalue weighted by molar-refractivity contribution is 6.31. The quantitative estimate of drug-likeness (QED) is 0.501. The number of halogens is 1. The Morgan fingerprint density at radius 3 is 2.56 bits per heavy atom. The molecule has 0 saturated heterocycles. The first kappa shape index (κ1) is 12.3. The highest BCUT2D eigenvalue weighted by atomic mass is 35.5. The van der Waals surface area contributed by atoms with Crippen LogP contribution in [0.5, 0.6) is 5.75 Å². The van der Waals surface area contributed by atoms with Crippen LogP contribution in [0.4, 0.5) is 0 Å². The van der Waals surface area contributed by atoms with Gasteiger partial charge in [-0.15, -0.1) is 0 Å². The Hall–Kier alpha value is -1.81. The van der Waals surface area contributed by atoms with Gasteiger partial charge in [-0.3, -0.25) is 0 Å². The third-order valence-corrected chi connectivity index (χ3v) is 1.96. The Morgan fingerprint density at radius 1 is 1.44 bits per heavy atom. The lowest BCUT2D eigenvalue weighted by molar-refractivity contribution is -0.130. The average molecular weight is 241 g/mol. The van der Waals surface area contributed by atoms with Crippen molar-refractivity contribution in [3.8, 4) is 5.75 Å². The summed E-state index contributed by atoms with van der Waals surface area (Å²) in [6.07, 6.45) is 0. The Kier molecular flexibility index (Phi) is 3.68. The molecule has 0 heterocycles. The zero-order valence-corrected chi connectivity index (χ0v) is 9.25. The summed E-state index contributed by atoms with van der Waals surface area (Å²) in [5, 5.41) is 9.13. The number of aromatic carboxylic acids is 1. The molecule has 0 spiro atoms. The fraction of sp³-hybridized carbons (Fsp3) is 0.0909. The maximum atomic E-state index is 11.2. The van der Waals surface area contributed by atoms with E-state index in [2.05, 4.69) is 6.58 Å². The Balaban J connectivity index is 3.09. The van der Waals surface area contributed by atoms with Crippen LogP contribution in [0, 0.1) is 0 Å². The van der Waals surface area contributed by atoms with E-state index in [9.17, 15) is 9.59 Å². The smallest absolute Gasteiger partial charge is 0.339 e. The number of carbonyl (C=O) groups is 2. The van der Waals surface area contributed by atoms with Crippen LogP contribution in [0.2, 0.25) is 5.02 Å². The highest BCUT2D eigenvalue weighted by Gasteiger charge is 2.15. The Bertz CT molecular complexity index is 465. The molecule has 0 unspecified atom stereocenters. The molecule has 1 aromatic carbocycles. The minimum Gasteiger partial charge on any atom is -0.478 e. The van der Waals surface area contributed by atoms with E-state index in [-0.39, 0.29) is 21.9 Å². The molecule has 0 aromatic heterocycles. The number of esters is 1. The van der Waals surface area contributed by atoms with Crippen LogP contribution < -0.4 is 4.74 Å². The fourth-order valence-electron chi connectivity index (χ4n) is 0.945. The van der Waals surface area contributed by atoms with Crippen LogP contribution in [0.3, 0.4) is 0 Å². The van der Waals surface area contributed by atoms with Crippen molar-refractivity contribution in [1.82, 2.24) is 0 Å². The molecule has 1 N–H and O–H groups in total. The second-order valence-electron chi connectivity index (χ2n) is 3.12. The van der Waals surface area contributed by atoms with Gasteiger partial charge in [0.25, 0.3) is 0 Å². The summed E-state index contributed by atoms with van der Waals surface area (Å²) < 4.78 is 4.85. The topological polar surface area (TPSA) is 63.6 Å². The Morgan fingerprint density at radius 2 is 2.06 bits per heavy atom. The van der Waals surface area contributed by atoms with E-state index in [4.69, 9.17) is 21.4 Å². The minimum absolute atomic E-state index is 0.0510. The molecule has 1 aromatic rings. The van der Waals surface area contributed by atoms with Crippen molar-refractivity contribution in [2.45, 2.75) is 6.92 Å². The molecule has 0 aliphatic heterocycles. The molecule has 0 aliphatic carbocycles. The first-order chi connectivity index (χ1) is 7.41. The van der Waals surface area contributed by atoms with Gasteiger partial charge in [-0.2, -0.15) is 0 Å². The van der Waals surface area contributed by atoms with Crippen LogP contribution in [0.1, 0.15) is 17.3 Å². The molecule has 1 rings (SSSR count). The second-order valence-corrected chi connectivity index (χ2v) is 3.55. The van der Waals surface area contributed by atoms with Gasteiger partial charge in [0.2, 0.25) is 0 Å². The average Bonchev–Trinajstić information content (AvgIpc) is 2.20. The number of hydrogen-bond donors (Lipinski definition) is 1. The number of carboxylic acid groups (broad SMARTS) is 1. The first-order valence-corrected chi connectivity index (χ1v) is 4.70. The summed E-state index contributed by atoms with van der Waals surface area (Å²) in [6, 6.07) is 3.98. The van der Waals surface area contributed by atoms with Crippen molar-refractivity contribution >= 4 is 23.5 Å². The molecule has 0 aliphatic rings. The van der Waals surface area contributed by atoms with Gasteiger partial charge in [-0.25, -0.2) is 9.59 Å². The van der Waals surface area contributed by atoms with Crippen molar-refractivity contribution in [3.05, 3.63) is 40.9 Å². The summed E-state index contributed by atoms with van der Waals surface area (Å²) in [4.78, 5) is 22.1. The lowest BCUT2D eigenvalue weighted by Crippen LogP contribution is -2.11. The number of benzene rings is 1. The molecular weight excluding hydrogens is 232 g/mol. The van der Waals surface area contributed by atoms with E-state index in [1.165, 1.54) is 25.1 Å². The third kappa shape index (κ3) is 2.84. The van der Waals surface area contributed by atoms with E-state index < -0.39 is 11.9 Å². The fourth-order valence-corrected chi connectivity index (χ4v) is 1.12. The number of carbonyl (C=O) groups excluding carboxylic acids is 1. The lowest BCUT2D eigenvalue weighted by Gasteiger charge is -2.07. The molecule has 84 valence electrons. The van der Waals surface area contributed by atoms with Gasteiger partial charge in [0.15, 0.2) is 0 Å². The standard InChI is InChI=1S/C11H9ClO4/c1-6(2)11(15)16-9-4-3-7(12)5-8(9)10(13)14/h3-5H,1H2,2H3,(H,13,14). The normalized spacial score (nSPS) is 9.62. The van der Waals surface area contributed by atoms with Gasteiger partial charge < -0.3 is 9.84 Å². The first-order valence-electron chi connectivity index (χ1n) is 4.32. The predicted molar refractivity (Wildman–Crippen MR) is 58.9 cm³/mol. The van der Waals surface area contributed by atoms with E-state index >= 15 is 0 Å². The van der Waals surface area contributed by atoms with Crippen LogP contribution in [-0.4, -0.2) is 17.0 Å². The SMILES string of the molecule is C=C(C)C(=O)Oc1ccc(Cl)cc1C(=O)O. The summed E-state index contributed by atoms with van der Waals surface area (Å²) in [6.45, 7) is 4.87. The molecule has 4 nitrogen and oxygen atoms in total. The van der Waals surface area contributed by atoms with E-state index in [1.807, 2.05) is 0 Å². The van der Waals surface area contributed by atoms with Gasteiger partial charge in [0.05, 0.1) is 0 Å². The molecule has 0 atom stereocenters. The van der Waals surface area contributed by atoms with Crippen molar-refractivity contribution in [3.63, 3.8) is 0 Å². The molecule has 0 amide bonds. The van der Waals surface area contributed by atoms with Gasteiger partial charge >= 0.3 is 11.9 Å². The summed E-state index contributed by atoms with van der Waals surface area (Å²) in [7, 11) is 0. The third-order valence-electron chi connectivity index (χ3n) is 1.72. The molecule has 0 fully saturated rings. The zero-order valence-electron chi connectivity index (χ0n) is 8.49. The summed E-state index contributed by atoms with van der Waals surface area (Å²) >= 11 is 5.64. The van der Waals surface area contributed by atoms with Crippen LogP contribution >= 0.6 is 11.6 Å². The van der Waals surface area contributed by atoms with Crippen LogP contribution in [-0.2, 0) is 4.79 Å². The number of ether oxygens (including phenoxy) is 1. The van der Waals surface area contributed by atoms with Gasteiger partial charge in [-0.05, 0) is 25.1 Å². The largest absolute Gasteiger partial charge is 0.478 e. The zero-order chi connectivity index (χ0) is 12.3. The van der Waals surface area contributed by atoms with Gasteiger partial charge in [0.1, 0.15) is 11.3 Å². The molecule has 5 heteroatoms. The molecule has 16 heavy (non-hydrogen) atoms. The lowest BCUT2D eigenvalue weighted by atomic mass is 10.2. The molecule has 0 radical (unpaired) electrons. The van der Waals surface area contributed by atoms with E-state index in [0.717, 1.165) is 0 Å². The van der Waals surface area contributed by atoms with Crippen molar-refractivity contribution in [1.29, 1.82) is 0 Å². The predicted octanol–water partition coefficient (Wildman–Crippen LogP) is 2.52. The van der Waals surface area contributed by atoms with E-state index in [0.29, 0.717) is 0 Å². The highest BCUT2D eigenvalue weighted by Crippen LogP contribution is 2.23. The summed E-state index contributed by atoms with van der Waals surface area (Å²) in [5.41, 5.74) is 0.0217. The number of carboxylic acids is 1. The number of rotatable bonds is 3. The maximum absolute atomic E-state index is 11.2. The number of hydrogen-bond acceptors (Lipinski definition) is 3. The van der Waals surface area contributed by atoms with Crippen molar-refractivity contribution in [2.24, 2.45) is 0 Å². The monoisotopic (exact) mass is 240 g/mol. The van der Waals surface area contributed by atoms with Crippen LogP contribution in [0.15, 0.2) is 30.4 Å². The second kappa shape index (κ2) is 4.81. The molecule has 0 saturated carbocycles. The maximum Gasteiger partial charge on any atom is 0.339 e. The van der Waals surface area contributed by atoms with Crippen molar-refractivity contribution in [2.75, 3.05) is 0 Å².